The lowest BCUT2D eigenvalue weighted by atomic mass is 10.1. The van der Waals surface area contributed by atoms with Gasteiger partial charge < -0.3 is 5.32 Å². The smallest absolute Gasteiger partial charge is 0.0346 e. The van der Waals surface area contributed by atoms with Crippen LogP contribution in [0, 0.1) is 6.92 Å². The van der Waals surface area contributed by atoms with Gasteiger partial charge in [-0.05, 0) is 42.5 Å². The third-order valence-corrected chi connectivity index (χ3v) is 3.89. The first-order chi connectivity index (χ1) is 10.2. The van der Waals surface area contributed by atoms with Gasteiger partial charge in [0.05, 0.1) is 0 Å². The highest BCUT2D eigenvalue weighted by atomic mass is 14.9. The fourth-order valence-electron chi connectivity index (χ4n) is 2.49. The zero-order valence-electron chi connectivity index (χ0n) is 12.5. The quantitative estimate of drug-likeness (QED) is 0.764. The molecule has 3 aromatic rings. The fourth-order valence-corrected chi connectivity index (χ4v) is 2.49. The zero-order chi connectivity index (χ0) is 14.7. The van der Waals surface area contributed by atoms with E-state index in [1.807, 2.05) is 12.4 Å². The number of pyridine rings is 1. The van der Waals surface area contributed by atoms with Crippen LogP contribution < -0.4 is 5.32 Å². The van der Waals surface area contributed by atoms with Crippen molar-refractivity contribution >= 4 is 10.8 Å². The highest BCUT2D eigenvalue weighted by Crippen LogP contribution is 2.17. The molecule has 0 aliphatic rings. The lowest BCUT2D eigenvalue weighted by Crippen LogP contribution is -2.18. The van der Waals surface area contributed by atoms with Crippen LogP contribution in [0.4, 0.5) is 0 Å². The molecule has 2 aromatic carbocycles. The minimum atomic E-state index is 0.346. The third kappa shape index (κ3) is 3.29. The number of aromatic nitrogens is 1. The predicted octanol–water partition coefficient (Wildman–Crippen LogP) is 4.39. The number of benzene rings is 2. The monoisotopic (exact) mass is 276 g/mol. The van der Waals surface area contributed by atoms with Crippen molar-refractivity contribution in [2.75, 3.05) is 0 Å². The van der Waals surface area contributed by atoms with E-state index in [0.717, 1.165) is 6.54 Å². The molecule has 0 spiro atoms. The van der Waals surface area contributed by atoms with Gasteiger partial charge in [0, 0.05) is 30.4 Å². The molecule has 0 bridgehead atoms. The summed E-state index contributed by atoms with van der Waals surface area (Å²) in [5.41, 5.74) is 3.92. The number of hydrogen-bond acceptors (Lipinski definition) is 2. The molecule has 1 heterocycles. The molecule has 0 unspecified atom stereocenters. The Balaban J connectivity index is 1.69. The predicted molar refractivity (Wildman–Crippen MR) is 88.2 cm³/mol. The van der Waals surface area contributed by atoms with Gasteiger partial charge >= 0.3 is 0 Å². The van der Waals surface area contributed by atoms with Crippen LogP contribution in [0.2, 0.25) is 0 Å². The van der Waals surface area contributed by atoms with Crippen LogP contribution in [0.3, 0.4) is 0 Å². The summed E-state index contributed by atoms with van der Waals surface area (Å²) in [4.78, 5) is 4.15. The van der Waals surface area contributed by atoms with Crippen LogP contribution in [0.25, 0.3) is 10.8 Å². The number of rotatable bonds is 4. The highest BCUT2D eigenvalue weighted by molar-refractivity contribution is 5.81. The summed E-state index contributed by atoms with van der Waals surface area (Å²) in [6, 6.07) is 17.6. The minimum Gasteiger partial charge on any atom is -0.306 e. The first kappa shape index (κ1) is 13.8. The largest absolute Gasteiger partial charge is 0.306 e. The van der Waals surface area contributed by atoms with Crippen LogP contribution in [-0.2, 0) is 6.54 Å². The third-order valence-electron chi connectivity index (χ3n) is 3.89. The van der Waals surface area contributed by atoms with Gasteiger partial charge in [0.1, 0.15) is 0 Å². The van der Waals surface area contributed by atoms with Gasteiger partial charge in [-0.15, -0.1) is 0 Å². The van der Waals surface area contributed by atoms with Gasteiger partial charge in [-0.2, -0.15) is 0 Å². The second-order valence-electron chi connectivity index (χ2n) is 5.57. The maximum Gasteiger partial charge on any atom is 0.0346 e. The number of fused-ring (bicyclic) bond motifs is 1. The van der Waals surface area contributed by atoms with Crippen molar-refractivity contribution in [2.24, 2.45) is 0 Å². The Morgan fingerprint density at radius 2 is 1.81 bits per heavy atom. The molecule has 0 saturated carbocycles. The van der Waals surface area contributed by atoms with Crippen LogP contribution in [0.5, 0.6) is 0 Å². The second-order valence-corrected chi connectivity index (χ2v) is 5.57. The molecule has 0 aliphatic heterocycles. The molecule has 0 fully saturated rings. The summed E-state index contributed by atoms with van der Waals surface area (Å²) >= 11 is 0. The maximum absolute atomic E-state index is 4.15. The molecule has 106 valence electrons. The summed E-state index contributed by atoms with van der Waals surface area (Å²) in [6.45, 7) is 5.19. The molecule has 3 rings (SSSR count). The van der Waals surface area contributed by atoms with Crippen LogP contribution in [-0.4, -0.2) is 4.98 Å². The Morgan fingerprint density at radius 1 is 1.00 bits per heavy atom. The summed E-state index contributed by atoms with van der Waals surface area (Å²) in [5, 5.41) is 6.01. The highest BCUT2D eigenvalue weighted by Gasteiger charge is 2.04. The molecule has 1 aromatic heterocycles. The van der Waals surface area contributed by atoms with Crippen LogP contribution >= 0.6 is 0 Å². The molecule has 2 nitrogen and oxygen atoms in total. The molecular weight excluding hydrogens is 256 g/mol. The van der Waals surface area contributed by atoms with Gasteiger partial charge in [-0.1, -0.05) is 42.0 Å². The molecule has 0 aliphatic carbocycles. The Hall–Kier alpha value is -2.19. The van der Waals surface area contributed by atoms with Crippen molar-refractivity contribution in [1.29, 1.82) is 0 Å². The number of aryl methyl sites for hydroxylation is 1. The molecular formula is C19H20N2. The SMILES string of the molecule is Cc1ccc([C@H](C)NCc2ccc3cnccc3c2)cc1. The summed E-state index contributed by atoms with van der Waals surface area (Å²) in [5.74, 6) is 0. The molecule has 0 amide bonds. The number of nitrogens with one attached hydrogen (secondary N) is 1. The normalized spacial score (nSPS) is 12.5. The van der Waals surface area contributed by atoms with E-state index in [0.29, 0.717) is 6.04 Å². The van der Waals surface area contributed by atoms with E-state index in [4.69, 9.17) is 0 Å². The van der Waals surface area contributed by atoms with Crippen molar-refractivity contribution in [2.45, 2.75) is 26.4 Å². The first-order valence-electron chi connectivity index (χ1n) is 7.35. The van der Waals surface area contributed by atoms with Crippen molar-refractivity contribution in [3.63, 3.8) is 0 Å². The molecule has 1 atom stereocenters. The first-order valence-corrected chi connectivity index (χ1v) is 7.35. The molecule has 1 N–H and O–H groups in total. The van der Waals surface area contributed by atoms with Crippen LogP contribution in [0.1, 0.15) is 29.7 Å². The van der Waals surface area contributed by atoms with Crippen molar-refractivity contribution < 1.29 is 0 Å². The van der Waals surface area contributed by atoms with E-state index in [-0.39, 0.29) is 0 Å². The number of nitrogens with zero attached hydrogens (tertiary/aromatic N) is 1. The standard InChI is InChI=1S/C19H20N2/c1-14-3-6-17(7-4-14)15(2)21-12-16-5-8-19-13-20-10-9-18(19)11-16/h3-11,13,15,21H,12H2,1-2H3/t15-/m0/s1. The Morgan fingerprint density at radius 3 is 2.62 bits per heavy atom. The van der Waals surface area contributed by atoms with Gasteiger partial charge in [-0.3, -0.25) is 4.98 Å². The number of hydrogen-bond donors (Lipinski definition) is 1. The van der Waals surface area contributed by atoms with E-state index in [9.17, 15) is 0 Å². The van der Waals surface area contributed by atoms with Crippen molar-refractivity contribution in [1.82, 2.24) is 10.3 Å². The molecule has 21 heavy (non-hydrogen) atoms. The lowest BCUT2D eigenvalue weighted by Gasteiger charge is -2.15. The maximum atomic E-state index is 4.15. The van der Waals surface area contributed by atoms with Crippen LogP contribution in [0.15, 0.2) is 60.9 Å². The van der Waals surface area contributed by atoms with Gasteiger partial charge in [0.2, 0.25) is 0 Å². The van der Waals surface area contributed by atoms with Crippen molar-refractivity contribution in [3.05, 3.63) is 77.6 Å². The topological polar surface area (TPSA) is 24.9 Å². The molecule has 0 saturated heterocycles. The Bertz CT molecular complexity index is 732. The van der Waals surface area contributed by atoms with Crippen molar-refractivity contribution in [3.8, 4) is 0 Å². The Kier molecular flexibility index (Phi) is 3.98. The second kappa shape index (κ2) is 6.06. The van der Waals surface area contributed by atoms with E-state index < -0.39 is 0 Å². The summed E-state index contributed by atoms with van der Waals surface area (Å²) in [6.07, 6.45) is 3.75. The lowest BCUT2D eigenvalue weighted by molar-refractivity contribution is 0.575. The molecule has 2 heteroatoms. The average Bonchev–Trinajstić information content (AvgIpc) is 2.53. The van der Waals surface area contributed by atoms with Gasteiger partial charge in [-0.25, -0.2) is 0 Å². The Labute approximate surface area is 125 Å². The van der Waals surface area contributed by atoms with E-state index in [1.165, 1.54) is 27.5 Å². The average molecular weight is 276 g/mol. The van der Waals surface area contributed by atoms with E-state index in [2.05, 4.69) is 72.7 Å². The molecule has 0 radical (unpaired) electrons. The van der Waals surface area contributed by atoms with Gasteiger partial charge in [0.25, 0.3) is 0 Å². The van der Waals surface area contributed by atoms with E-state index in [1.54, 1.807) is 0 Å². The summed E-state index contributed by atoms with van der Waals surface area (Å²) < 4.78 is 0. The zero-order valence-corrected chi connectivity index (χ0v) is 12.5. The fraction of sp³-hybridized carbons (Fsp3) is 0.211. The summed E-state index contributed by atoms with van der Waals surface area (Å²) in [7, 11) is 0. The van der Waals surface area contributed by atoms with Gasteiger partial charge in [0.15, 0.2) is 0 Å². The van der Waals surface area contributed by atoms with E-state index >= 15 is 0 Å². The minimum absolute atomic E-state index is 0.346.